The van der Waals surface area contributed by atoms with E-state index in [1.165, 1.54) is 0 Å². The van der Waals surface area contributed by atoms with Gasteiger partial charge in [-0.25, -0.2) is 0 Å². The summed E-state index contributed by atoms with van der Waals surface area (Å²) in [5.41, 5.74) is 5.22. The first-order valence-electron chi connectivity index (χ1n) is 5.00. The number of nitrogens with two attached hydrogens (primary N) is 1. The van der Waals surface area contributed by atoms with Crippen LogP contribution in [0.5, 0.6) is 0 Å². The second kappa shape index (κ2) is 5.95. The van der Waals surface area contributed by atoms with Crippen molar-refractivity contribution in [2.75, 3.05) is 39.9 Å². The number of primary amides is 1. The monoisotopic (exact) mass is 201 g/mol. The van der Waals surface area contributed by atoms with Gasteiger partial charge in [0.15, 0.2) is 0 Å². The number of amides is 1. The summed E-state index contributed by atoms with van der Waals surface area (Å²) >= 11 is 0. The van der Waals surface area contributed by atoms with Crippen molar-refractivity contribution in [3.63, 3.8) is 0 Å². The number of nitrogens with one attached hydrogen (secondary N) is 1. The van der Waals surface area contributed by atoms with E-state index in [1.807, 2.05) is 0 Å². The Hall–Kier alpha value is -0.650. The van der Waals surface area contributed by atoms with Crippen molar-refractivity contribution in [1.29, 1.82) is 0 Å². The smallest absolute Gasteiger partial charge is 0.234 e. The lowest BCUT2D eigenvalue weighted by atomic mass is 10.2. The highest BCUT2D eigenvalue weighted by Crippen LogP contribution is 2.00. The molecule has 0 aromatic heterocycles. The van der Waals surface area contributed by atoms with Crippen LogP contribution in [0, 0.1) is 0 Å². The number of nitrogens with zero attached hydrogens (tertiary/aromatic N) is 1. The fourth-order valence-electron chi connectivity index (χ4n) is 1.57. The molecule has 0 aromatic rings. The number of carbonyl (C=O) groups is 1. The van der Waals surface area contributed by atoms with E-state index in [0.29, 0.717) is 0 Å². The number of likely N-dealkylation sites (N-methyl/N-ethyl adjacent to an activating group) is 1. The average Bonchev–Trinajstić information content (AvgIpc) is 2.20. The van der Waals surface area contributed by atoms with Crippen LogP contribution in [-0.4, -0.2) is 56.7 Å². The lowest BCUT2D eigenvalue weighted by molar-refractivity contribution is -0.120. The number of morpholine rings is 1. The van der Waals surface area contributed by atoms with Crippen molar-refractivity contribution in [3.05, 3.63) is 0 Å². The second-order valence-electron chi connectivity index (χ2n) is 3.49. The zero-order valence-corrected chi connectivity index (χ0v) is 8.66. The van der Waals surface area contributed by atoms with Gasteiger partial charge in [-0.05, 0) is 13.5 Å². The molecule has 1 atom stereocenters. The SMILES string of the molecule is CNC(CCN1CCOCC1)C(N)=O. The van der Waals surface area contributed by atoms with Crippen LogP contribution in [0.15, 0.2) is 0 Å². The Bertz CT molecular complexity index is 181. The minimum atomic E-state index is -0.277. The Morgan fingerprint density at radius 2 is 2.21 bits per heavy atom. The number of carbonyl (C=O) groups excluding carboxylic acids is 1. The van der Waals surface area contributed by atoms with Crippen molar-refractivity contribution in [2.45, 2.75) is 12.5 Å². The van der Waals surface area contributed by atoms with Crippen molar-refractivity contribution >= 4 is 5.91 Å². The molecule has 0 aliphatic carbocycles. The van der Waals surface area contributed by atoms with E-state index in [4.69, 9.17) is 10.5 Å². The molecule has 1 aliphatic heterocycles. The van der Waals surface area contributed by atoms with Gasteiger partial charge >= 0.3 is 0 Å². The van der Waals surface area contributed by atoms with Gasteiger partial charge < -0.3 is 15.8 Å². The van der Waals surface area contributed by atoms with E-state index in [1.54, 1.807) is 7.05 Å². The summed E-state index contributed by atoms with van der Waals surface area (Å²) in [4.78, 5) is 13.2. The molecule has 82 valence electrons. The molecule has 1 saturated heterocycles. The Morgan fingerprint density at radius 1 is 1.57 bits per heavy atom. The number of hydrogen-bond donors (Lipinski definition) is 2. The highest BCUT2D eigenvalue weighted by atomic mass is 16.5. The molecule has 1 aliphatic rings. The van der Waals surface area contributed by atoms with Crippen molar-refractivity contribution in [3.8, 4) is 0 Å². The predicted octanol–water partition coefficient (Wildman–Crippen LogP) is -1.22. The van der Waals surface area contributed by atoms with Crippen molar-refractivity contribution in [1.82, 2.24) is 10.2 Å². The Kier molecular flexibility index (Phi) is 4.86. The molecular weight excluding hydrogens is 182 g/mol. The fourth-order valence-corrected chi connectivity index (χ4v) is 1.57. The quantitative estimate of drug-likeness (QED) is 0.585. The third kappa shape index (κ3) is 3.61. The topological polar surface area (TPSA) is 67.6 Å². The molecule has 1 amide bonds. The first-order chi connectivity index (χ1) is 6.74. The van der Waals surface area contributed by atoms with E-state index in [2.05, 4.69) is 10.2 Å². The number of ether oxygens (including phenoxy) is 1. The van der Waals surface area contributed by atoms with Gasteiger partial charge in [0.05, 0.1) is 19.3 Å². The van der Waals surface area contributed by atoms with Crippen LogP contribution in [0.25, 0.3) is 0 Å². The van der Waals surface area contributed by atoms with E-state index < -0.39 is 0 Å². The standard InChI is InChI=1S/C9H19N3O2/c1-11-8(9(10)13)2-3-12-4-6-14-7-5-12/h8,11H,2-7H2,1H3,(H2,10,13). The first kappa shape index (κ1) is 11.4. The van der Waals surface area contributed by atoms with Crippen LogP contribution in [0.3, 0.4) is 0 Å². The van der Waals surface area contributed by atoms with Gasteiger partial charge in [-0.1, -0.05) is 0 Å². The normalized spacial score (nSPS) is 20.6. The molecule has 5 nitrogen and oxygen atoms in total. The summed E-state index contributed by atoms with van der Waals surface area (Å²) in [6, 6.07) is -0.210. The van der Waals surface area contributed by atoms with Gasteiger partial charge in [-0.15, -0.1) is 0 Å². The second-order valence-corrected chi connectivity index (χ2v) is 3.49. The summed E-state index contributed by atoms with van der Waals surface area (Å²) in [5.74, 6) is -0.277. The van der Waals surface area contributed by atoms with Crippen LogP contribution in [0.4, 0.5) is 0 Å². The third-order valence-corrected chi connectivity index (χ3v) is 2.53. The third-order valence-electron chi connectivity index (χ3n) is 2.53. The largest absolute Gasteiger partial charge is 0.379 e. The van der Waals surface area contributed by atoms with E-state index >= 15 is 0 Å². The lowest BCUT2D eigenvalue weighted by Gasteiger charge is -2.27. The summed E-state index contributed by atoms with van der Waals surface area (Å²) < 4.78 is 5.23. The molecular formula is C9H19N3O2. The highest BCUT2D eigenvalue weighted by Gasteiger charge is 2.16. The molecule has 1 rings (SSSR count). The molecule has 14 heavy (non-hydrogen) atoms. The summed E-state index contributed by atoms with van der Waals surface area (Å²) in [6.45, 7) is 4.39. The minimum absolute atomic E-state index is 0.210. The summed E-state index contributed by atoms with van der Waals surface area (Å²) in [5, 5.41) is 2.91. The van der Waals surface area contributed by atoms with Gasteiger partial charge in [-0.2, -0.15) is 0 Å². The Balaban J connectivity index is 2.20. The first-order valence-corrected chi connectivity index (χ1v) is 5.00. The Labute approximate surface area is 84.6 Å². The van der Waals surface area contributed by atoms with Crippen molar-refractivity contribution in [2.24, 2.45) is 5.73 Å². The molecule has 5 heteroatoms. The van der Waals surface area contributed by atoms with Crippen LogP contribution in [0.2, 0.25) is 0 Å². The van der Waals surface area contributed by atoms with Gasteiger partial charge in [0.1, 0.15) is 0 Å². The maximum absolute atomic E-state index is 10.9. The van der Waals surface area contributed by atoms with Crippen LogP contribution < -0.4 is 11.1 Å². The van der Waals surface area contributed by atoms with Crippen LogP contribution >= 0.6 is 0 Å². The molecule has 1 heterocycles. The fraction of sp³-hybridized carbons (Fsp3) is 0.889. The predicted molar refractivity (Wildman–Crippen MR) is 53.9 cm³/mol. The van der Waals surface area contributed by atoms with E-state index in [0.717, 1.165) is 39.3 Å². The highest BCUT2D eigenvalue weighted by molar-refractivity contribution is 5.79. The lowest BCUT2D eigenvalue weighted by Crippen LogP contribution is -2.44. The van der Waals surface area contributed by atoms with Gasteiger partial charge in [0, 0.05) is 19.6 Å². The van der Waals surface area contributed by atoms with Crippen molar-refractivity contribution < 1.29 is 9.53 Å². The molecule has 1 fully saturated rings. The van der Waals surface area contributed by atoms with Crippen LogP contribution in [0.1, 0.15) is 6.42 Å². The van der Waals surface area contributed by atoms with Gasteiger partial charge in [-0.3, -0.25) is 9.69 Å². The average molecular weight is 201 g/mol. The minimum Gasteiger partial charge on any atom is -0.379 e. The molecule has 1 unspecified atom stereocenters. The van der Waals surface area contributed by atoms with Crippen LogP contribution in [-0.2, 0) is 9.53 Å². The number of hydrogen-bond acceptors (Lipinski definition) is 4. The van der Waals surface area contributed by atoms with Gasteiger partial charge in [0.25, 0.3) is 0 Å². The molecule has 0 spiro atoms. The molecule has 0 saturated carbocycles. The Morgan fingerprint density at radius 3 is 2.71 bits per heavy atom. The molecule has 0 radical (unpaired) electrons. The number of rotatable bonds is 5. The van der Waals surface area contributed by atoms with E-state index in [-0.39, 0.29) is 11.9 Å². The maximum Gasteiger partial charge on any atom is 0.234 e. The van der Waals surface area contributed by atoms with E-state index in [9.17, 15) is 4.79 Å². The molecule has 3 N–H and O–H groups in total. The molecule has 0 aromatic carbocycles. The zero-order chi connectivity index (χ0) is 10.4. The summed E-state index contributed by atoms with van der Waals surface area (Å²) in [6.07, 6.45) is 0.770. The molecule has 0 bridgehead atoms. The maximum atomic E-state index is 10.9. The zero-order valence-electron chi connectivity index (χ0n) is 8.66. The summed E-state index contributed by atoms with van der Waals surface area (Å²) in [7, 11) is 1.76. The van der Waals surface area contributed by atoms with Gasteiger partial charge in [0.2, 0.25) is 5.91 Å².